The van der Waals surface area contributed by atoms with Crippen molar-refractivity contribution in [3.8, 4) is 0 Å². The summed E-state index contributed by atoms with van der Waals surface area (Å²) in [5.74, 6) is 3.07. The molecule has 2 heterocycles. The van der Waals surface area contributed by atoms with Crippen LogP contribution in [0.25, 0.3) is 0 Å². The van der Waals surface area contributed by atoms with Gasteiger partial charge in [0.25, 0.3) is 0 Å². The van der Waals surface area contributed by atoms with E-state index in [1.165, 1.54) is 81.7 Å². The minimum atomic E-state index is 0.485. The summed E-state index contributed by atoms with van der Waals surface area (Å²) in [6.07, 6.45) is 13.0. The second-order valence-corrected chi connectivity index (χ2v) is 9.10. The molecule has 6 rings (SSSR count). The smallest absolute Gasteiger partial charge is 0.185 e. The van der Waals surface area contributed by atoms with E-state index in [9.17, 15) is 0 Å². The monoisotopic (exact) mass is 302 g/mol. The van der Waals surface area contributed by atoms with Gasteiger partial charge in [0, 0.05) is 23.9 Å². The second kappa shape index (κ2) is 4.71. The first kappa shape index (κ1) is 12.9. The molecule has 2 nitrogen and oxygen atoms in total. The molecule has 0 N–H and O–H groups in total. The molecule has 4 aliphatic carbocycles. The van der Waals surface area contributed by atoms with Crippen molar-refractivity contribution < 1.29 is 0 Å². The van der Waals surface area contributed by atoms with Crippen molar-refractivity contribution in [2.75, 3.05) is 18.0 Å². The normalized spacial score (nSPS) is 41.7. The van der Waals surface area contributed by atoms with Gasteiger partial charge in [-0.05, 0) is 75.5 Å². The molecular formula is C18H26N2S. The molecule has 4 saturated carbocycles. The Kier molecular flexibility index (Phi) is 2.90. The van der Waals surface area contributed by atoms with E-state index in [1.807, 2.05) is 11.3 Å². The molecule has 5 aliphatic rings. The minimum absolute atomic E-state index is 0.485. The van der Waals surface area contributed by atoms with Crippen molar-refractivity contribution in [3.05, 3.63) is 11.1 Å². The van der Waals surface area contributed by atoms with Crippen LogP contribution >= 0.6 is 11.3 Å². The van der Waals surface area contributed by atoms with E-state index in [0.29, 0.717) is 5.41 Å². The summed E-state index contributed by atoms with van der Waals surface area (Å²) in [5.41, 5.74) is 1.96. The number of hydrogen-bond donors (Lipinski definition) is 0. The van der Waals surface area contributed by atoms with Crippen LogP contribution in [0.5, 0.6) is 0 Å². The molecule has 5 fully saturated rings. The van der Waals surface area contributed by atoms with Crippen LogP contribution in [0.1, 0.15) is 63.5 Å². The third kappa shape index (κ3) is 2.07. The third-order valence-electron chi connectivity index (χ3n) is 6.70. The predicted molar refractivity (Wildman–Crippen MR) is 88.0 cm³/mol. The minimum Gasteiger partial charge on any atom is -0.348 e. The van der Waals surface area contributed by atoms with Gasteiger partial charge in [-0.1, -0.05) is 0 Å². The van der Waals surface area contributed by atoms with Gasteiger partial charge in [-0.25, -0.2) is 4.98 Å². The first-order chi connectivity index (χ1) is 10.3. The fraction of sp³-hybridized carbons (Fsp3) is 0.833. The fourth-order valence-corrected chi connectivity index (χ4v) is 7.17. The lowest BCUT2D eigenvalue weighted by Crippen LogP contribution is -2.48. The summed E-state index contributed by atoms with van der Waals surface area (Å²) in [6.45, 7) is 2.46. The molecule has 1 aromatic heterocycles. The average Bonchev–Trinajstić information content (AvgIpc) is 2.97. The van der Waals surface area contributed by atoms with Gasteiger partial charge in [-0.15, -0.1) is 11.3 Å². The van der Waals surface area contributed by atoms with Gasteiger partial charge >= 0.3 is 0 Å². The zero-order valence-corrected chi connectivity index (χ0v) is 13.7. The van der Waals surface area contributed by atoms with Gasteiger partial charge in [0.15, 0.2) is 5.13 Å². The lowest BCUT2D eigenvalue weighted by atomic mass is 9.49. The molecule has 3 heteroatoms. The zero-order valence-electron chi connectivity index (χ0n) is 12.9. The van der Waals surface area contributed by atoms with E-state index in [1.54, 1.807) is 0 Å². The van der Waals surface area contributed by atoms with Crippen LogP contribution in [0.3, 0.4) is 0 Å². The Morgan fingerprint density at radius 2 is 1.57 bits per heavy atom. The van der Waals surface area contributed by atoms with Crippen molar-refractivity contribution in [1.82, 2.24) is 4.98 Å². The molecule has 1 aromatic rings. The van der Waals surface area contributed by atoms with E-state index < -0.39 is 0 Å². The van der Waals surface area contributed by atoms with E-state index >= 15 is 0 Å². The molecule has 0 aromatic carbocycles. The molecule has 0 amide bonds. The second-order valence-electron chi connectivity index (χ2n) is 8.26. The van der Waals surface area contributed by atoms with Crippen LogP contribution in [0, 0.1) is 17.8 Å². The topological polar surface area (TPSA) is 16.1 Å². The summed E-state index contributed by atoms with van der Waals surface area (Å²) in [7, 11) is 0. The summed E-state index contributed by atoms with van der Waals surface area (Å²) in [5, 5.41) is 3.75. The maximum absolute atomic E-state index is 5.17. The lowest BCUT2D eigenvalue weighted by molar-refractivity contribution is -0.00690. The van der Waals surface area contributed by atoms with Gasteiger partial charge < -0.3 is 4.90 Å². The number of aromatic nitrogens is 1. The van der Waals surface area contributed by atoms with Crippen LogP contribution in [-0.2, 0) is 5.41 Å². The van der Waals surface area contributed by atoms with Gasteiger partial charge in [0.1, 0.15) is 0 Å². The average molecular weight is 302 g/mol. The quantitative estimate of drug-likeness (QED) is 0.793. The van der Waals surface area contributed by atoms with E-state index in [2.05, 4.69) is 10.3 Å². The zero-order chi connectivity index (χ0) is 13.9. The highest BCUT2D eigenvalue weighted by molar-refractivity contribution is 7.13. The number of anilines is 1. The summed E-state index contributed by atoms with van der Waals surface area (Å²) < 4.78 is 0. The van der Waals surface area contributed by atoms with Crippen LogP contribution in [0.15, 0.2) is 5.38 Å². The number of rotatable bonds is 2. The Balaban J connectivity index is 1.44. The molecule has 0 unspecified atom stereocenters. The van der Waals surface area contributed by atoms with Gasteiger partial charge in [-0.3, -0.25) is 0 Å². The molecule has 0 atom stereocenters. The van der Waals surface area contributed by atoms with Crippen molar-refractivity contribution >= 4 is 16.5 Å². The molecular weight excluding hydrogens is 276 g/mol. The molecule has 4 bridgehead atoms. The molecule has 114 valence electrons. The molecule has 1 aliphatic heterocycles. The number of hydrogen-bond acceptors (Lipinski definition) is 3. The van der Waals surface area contributed by atoms with E-state index in [0.717, 1.165) is 17.8 Å². The highest BCUT2D eigenvalue weighted by atomic mass is 32.1. The highest BCUT2D eigenvalue weighted by Gasteiger charge is 2.52. The number of nitrogens with zero attached hydrogens (tertiary/aromatic N) is 2. The van der Waals surface area contributed by atoms with Crippen LogP contribution in [-0.4, -0.2) is 18.1 Å². The Labute approximate surface area is 132 Å². The predicted octanol–water partition coefficient (Wildman–Crippen LogP) is 4.60. The molecule has 0 spiro atoms. The van der Waals surface area contributed by atoms with Gasteiger partial charge in [0.2, 0.25) is 0 Å². The standard InChI is InChI=1S/C18H26N2S/c1-2-4-20(5-3-1)17-19-16(12-21-17)18-9-13-6-14(10-18)8-15(7-13)11-18/h12-15H,1-11H2. The SMILES string of the molecule is c1sc(N2CCCCC2)nc1C12CC3CC(CC(C3)C1)C2. The molecule has 1 saturated heterocycles. The Bertz CT molecular complexity index is 494. The Hall–Kier alpha value is -0.570. The van der Waals surface area contributed by atoms with Gasteiger partial charge in [0.05, 0.1) is 5.69 Å². The van der Waals surface area contributed by atoms with E-state index in [-0.39, 0.29) is 0 Å². The Morgan fingerprint density at radius 3 is 2.19 bits per heavy atom. The van der Waals surface area contributed by atoms with Crippen LogP contribution < -0.4 is 4.90 Å². The van der Waals surface area contributed by atoms with Crippen LogP contribution in [0.4, 0.5) is 5.13 Å². The summed E-state index contributed by atoms with van der Waals surface area (Å²) in [6, 6.07) is 0. The van der Waals surface area contributed by atoms with E-state index in [4.69, 9.17) is 4.98 Å². The lowest BCUT2D eigenvalue weighted by Gasteiger charge is -2.56. The Morgan fingerprint density at radius 1 is 0.952 bits per heavy atom. The maximum atomic E-state index is 5.17. The van der Waals surface area contributed by atoms with Crippen molar-refractivity contribution in [3.63, 3.8) is 0 Å². The van der Waals surface area contributed by atoms with Crippen molar-refractivity contribution in [2.24, 2.45) is 17.8 Å². The summed E-state index contributed by atoms with van der Waals surface area (Å²) in [4.78, 5) is 7.71. The first-order valence-corrected chi connectivity index (χ1v) is 9.90. The number of thiazole rings is 1. The van der Waals surface area contributed by atoms with Crippen molar-refractivity contribution in [1.29, 1.82) is 0 Å². The maximum Gasteiger partial charge on any atom is 0.185 e. The molecule has 21 heavy (non-hydrogen) atoms. The largest absolute Gasteiger partial charge is 0.348 e. The number of piperidine rings is 1. The van der Waals surface area contributed by atoms with Crippen LogP contribution in [0.2, 0.25) is 0 Å². The summed E-state index contributed by atoms with van der Waals surface area (Å²) >= 11 is 1.92. The first-order valence-electron chi connectivity index (χ1n) is 9.02. The highest BCUT2D eigenvalue weighted by Crippen LogP contribution is 2.60. The third-order valence-corrected chi connectivity index (χ3v) is 7.60. The fourth-order valence-electron chi connectivity index (χ4n) is 6.16. The van der Waals surface area contributed by atoms with Gasteiger partial charge in [-0.2, -0.15) is 0 Å². The van der Waals surface area contributed by atoms with Crippen molar-refractivity contribution in [2.45, 2.75) is 63.2 Å². The molecule has 0 radical (unpaired) electrons.